The number of carbonyl (C=O) groups excluding carboxylic acids is 1. The smallest absolute Gasteiger partial charge is 0.273 e. The van der Waals surface area contributed by atoms with Gasteiger partial charge in [-0.25, -0.2) is 0 Å². The molecule has 0 aromatic carbocycles. The number of halogens is 1. The Morgan fingerprint density at radius 3 is 2.81 bits per heavy atom. The lowest BCUT2D eigenvalue weighted by atomic mass is 10.0. The van der Waals surface area contributed by atoms with Gasteiger partial charge in [0.25, 0.3) is 5.91 Å². The lowest BCUT2D eigenvalue weighted by Crippen LogP contribution is -2.47. The zero-order chi connectivity index (χ0) is 22.5. The summed E-state index contributed by atoms with van der Waals surface area (Å²) in [6, 6.07) is 0. The van der Waals surface area contributed by atoms with E-state index >= 15 is 0 Å². The number of hydrogen-bond donors (Lipinski definition) is 3. The molecule has 0 saturated heterocycles. The van der Waals surface area contributed by atoms with Crippen LogP contribution in [0.2, 0.25) is 0 Å². The van der Waals surface area contributed by atoms with E-state index < -0.39 is 6.10 Å². The van der Waals surface area contributed by atoms with Gasteiger partial charge in [-0.1, -0.05) is 72.3 Å². The van der Waals surface area contributed by atoms with Crippen molar-refractivity contribution in [3.63, 3.8) is 0 Å². The van der Waals surface area contributed by atoms with E-state index in [-0.39, 0.29) is 5.91 Å². The minimum atomic E-state index is -0.753. The molecule has 0 saturated carbocycles. The number of ether oxygens (including phenoxy) is 1. The van der Waals surface area contributed by atoms with E-state index in [9.17, 15) is 4.79 Å². The molecule has 5 nitrogen and oxygen atoms in total. The Morgan fingerprint density at radius 2 is 2.06 bits per heavy atom. The summed E-state index contributed by atoms with van der Waals surface area (Å²) in [7, 11) is 0. The fourth-order valence-electron chi connectivity index (χ4n) is 2.99. The third-order valence-electron chi connectivity index (χ3n) is 4.36. The first-order valence-electron chi connectivity index (χ1n) is 10.4. The van der Waals surface area contributed by atoms with Crippen LogP contribution in [0.3, 0.4) is 0 Å². The largest absolute Gasteiger partial charge is 0.476 e. The maximum atomic E-state index is 13.7. The minimum Gasteiger partial charge on any atom is -0.476 e. The maximum absolute atomic E-state index is 13.7. The molecule has 31 heavy (non-hydrogen) atoms. The van der Waals surface area contributed by atoms with Crippen molar-refractivity contribution in [2.24, 2.45) is 0 Å². The number of nitrogens with zero attached hydrogens (tertiary/aromatic N) is 1. The van der Waals surface area contributed by atoms with Crippen LogP contribution in [0.15, 0.2) is 94.7 Å². The predicted octanol–water partition coefficient (Wildman–Crippen LogP) is 5.18. The average molecular weight is 504 g/mol. The number of nitrogens with one attached hydrogen (secondary N) is 2. The number of thiol groups is 1. The summed E-state index contributed by atoms with van der Waals surface area (Å²) in [6.45, 7) is 4.45. The molecule has 1 atom stereocenters. The highest BCUT2D eigenvalue weighted by atomic mass is 79.9. The normalized spacial score (nSPS) is 17.8. The number of carbonyl (C=O) groups is 1. The van der Waals surface area contributed by atoms with Gasteiger partial charge in [0.15, 0.2) is 6.10 Å². The van der Waals surface area contributed by atoms with Crippen LogP contribution in [0.4, 0.5) is 0 Å². The van der Waals surface area contributed by atoms with Crippen molar-refractivity contribution in [1.29, 1.82) is 0 Å². The van der Waals surface area contributed by atoms with Crippen LogP contribution in [-0.2, 0) is 9.53 Å². The van der Waals surface area contributed by atoms with Gasteiger partial charge in [0, 0.05) is 23.0 Å². The predicted molar refractivity (Wildman–Crippen MR) is 135 cm³/mol. The Hall–Kier alpha value is -2.38. The summed E-state index contributed by atoms with van der Waals surface area (Å²) in [6.07, 6.45) is 23.8. The Morgan fingerprint density at radius 1 is 1.23 bits per heavy atom. The monoisotopic (exact) mass is 503 g/mol. The highest BCUT2D eigenvalue weighted by molar-refractivity contribution is 9.11. The molecule has 0 radical (unpaired) electrons. The van der Waals surface area contributed by atoms with Gasteiger partial charge >= 0.3 is 0 Å². The summed E-state index contributed by atoms with van der Waals surface area (Å²) >= 11 is 7.85. The second-order valence-electron chi connectivity index (χ2n) is 6.42. The molecule has 1 heterocycles. The van der Waals surface area contributed by atoms with Crippen LogP contribution < -0.4 is 10.9 Å². The van der Waals surface area contributed by atoms with Gasteiger partial charge < -0.3 is 10.2 Å². The van der Waals surface area contributed by atoms with Gasteiger partial charge in [0.05, 0.1) is 0 Å². The second kappa shape index (κ2) is 13.8. The van der Waals surface area contributed by atoms with Gasteiger partial charge in [-0.2, -0.15) is 12.6 Å². The fraction of sp³-hybridized carbons (Fsp3) is 0.292. The second-order valence-corrected chi connectivity index (χ2v) is 7.79. The Labute approximate surface area is 199 Å². The van der Waals surface area contributed by atoms with Gasteiger partial charge in [-0.05, 0) is 42.7 Å². The molecular weight excluding hydrogens is 474 g/mol. The van der Waals surface area contributed by atoms with Crippen molar-refractivity contribution >= 4 is 34.5 Å². The van der Waals surface area contributed by atoms with Crippen molar-refractivity contribution in [3.8, 4) is 0 Å². The number of hydrazine groups is 1. The summed E-state index contributed by atoms with van der Waals surface area (Å²) < 4.78 is 7.19. The third kappa shape index (κ3) is 7.67. The molecule has 0 aromatic rings. The molecular formula is C24H30BrN3O2S. The zero-order valence-corrected chi connectivity index (χ0v) is 20.4. The first-order valence-corrected chi connectivity index (χ1v) is 11.8. The molecule has 3 rings (SSSR count). The van der Waals surface area contributed by atoms with E-state index in [1.165, 1.54) is 0 Å². The SMILES string of the molecule is CC.O=C(C(OC1=CCC=CC(Br)=C1)C1=CC=CC=CC1)N(CCS)C1=CC=CNN1. The first-order chi connectivity index (χ1) is 15.2. The molecule has 0 bridgehead atoms. The van der Waals surface area contributed by atoms with Crippen LogP contribution in [0, 0.1) is 0 Å². The van der Waals surface area contributed by atoms with E-state index in [0.717, 1.165) is 16.5 Å². The first kappa shape index (κ1) is 24.9. The summed E-state index contributed by atoms with van der Waals surface area (Å²) in [5, 5.41) is 0. The molecule has 3 aliphatic rings. The van der Waals surface area contributed by atoms with Crippen LogP contribution >= 0.6 is 28.6 Å². The van der Waals surface area contributed by atoms with E-state index in [4.69, 9.17) is 4.74 Å². The molecule has 166 valence electrons. The number of allylic oxidation sites excluding steroid dienone is 12. The van der Waals surface area contributed by atoms with E-state index in [0.29, 0.717) is 30.3 Å². The van der Waals surface area contributed by atoms with Crippen molar-refractivity contribution in [3.05, 3.63) is 94.7 Å². The minimum absolute atomic E-state index is 0.146. The molecule has 2 N–H and O–H groups in total. The Bertz CT molecular complexity index is 866. The van der Waals surface area contributed by atoms with Crippen LogP contribution in [-0.4, -0.2) is 29.2 Å². The van der Waals surface area contributed by atoms with Gasteiger partial charge in [-0.3, -0.25) is 15.1 Å². The summed E-state index contributed by atoms with van der Waals surface area (Å²) in [4.78, 5) is 15.3. The van der Waals surface area contributed by atoms with E-state index in [1.54, 1.807) is 11.1 Å². The van der Waals surface area contributed by atoms with E-state index in [1.807, 2.05) is 80.7 Å². The van der Waals surface area contributed by atoms with E-state index in [2.05, 4.69) is 39.4 Å². The third-order valence-corrected chi connectivity index (χ3v) is 5.06. The standard InChI is InChI=1S/C22H24BrN3O2S.C2H6/c23-18-10-5-6-11-19(16-18)28-21(17-8-3-1-2-4-9-17)22(27)26(14-15-29)20-12-7-13-24-25-20;1-2/h1-5,7-8,10-13,16,21,24-25,29H,6,9,14-15H2;1-2H3. The summed E-state index contributed by atoms with van der Waals surface area (Å²) in [5.41, 5.74) is 6.84. The molecule has 7 heteroatoms. The van der Waals surface area contributed by atoms with Crippen LogP contribution in [0.5, 0.6) is 0 Å². The zero-order valence-electron chi connectivity index (χ0n) is 17.9. The number of rotatable bonds is 7. The van der Waals surface area contributed by atoms with Crippen molar-refractivity contribution in [2.75, 3.05) is 12.3 Å². The Balaban J connectivity index is 0.00000166. The molecule has 0 spiro atoms. The average Bonchev–Trinajstić information content (AvgIpc) is 3.20. The molecule has 0 fully saturated rings. The molecule has 1 aliphatic heterocycles. The molecule has 1 amide bonds. The van der Waals surface area contributed by atoms with Gasteiger partial charge in [0.2, 0.25) is 0 Å². The highest BCUT2D eigenvalue weighted by Crippen LogP contribution is 2.25. The maximum Gasteiger partial charge on any atom is 0.273 e. The molecule has 2 aliphatic carbocycles. The van der Waals surface area contributed by atoms with Crippen molar-refractivity contribution in [1.82, 2.24) is 15.8 Å². The topological polar surface area (TPSA) is 53.6 Å². The van der Waals surface area contributed by atoms with Crippen LogP contribution in [0.1, 0.15) is 26.7 Å². The van der Waals surface area contributed by atoms with Gasteiger partial charge in [-0.15, -0.1) is 0 Å². The quantitative estimate of drug-likeness (QED) is 0.418. The van der Waals surface area contributed by atoms with Crippen molar-refractivity contribution < 1.29 is 9.53 Å². The fourth-order valence-corrected chi connectivity index (χ4v) is 3.60. The molecule has 1 unspecified atom stereocenters. The Kier molecular flexibility index (Phi) is 11.1. The number of amides is 1. The summed E-state index contributed by atoms with van der Waals surface area (Å²) in [5.74, 6) is 1.70. The lowest BCUT2D eigenvalue weighted by molar-refractivity contribution is -0.137. The van der Waals surface area contributed by atoms with Crippen LogP contribution in [0.25, 0.3) is 0 Å². The van der Waals surface area contributed by atoms with Crippen molar-refractivity contribution in [2.45, 2.75) is 32.8 Å². The number of hydrogen-bond acceptors (Lipinski definition) is 5. The highest BCUT2D eigenvalue weighted by Gasteiger charge is 2.31. The van der Waals surface area contributed by atoms with Gasteiger partial charge in [0.1, 0.15) is 11.6 Å². The molecule has 0 aromatic heterocycles. The lowest BCUT2D eigenvalue weighted by Gasteiger charge is -2.31.